The number of hydrogen-bond acceptors (Lipinski definition) is 25. The third kappa shape index (κ3) is 19.2. The number of hydrogen-bond donors (Lipinski definition) is 7. The second-order valence-corrected chi connectivity index (χ2v) is 25.0. The van der Waals surface area contributed by atoms with Crippen LogP contribution in [0.2, 0.25) is 0 Å². The van der Waals surface area contributed by atoms with Crippen LogP contribution in [0.15, 0.2) is 36.4 Å². The third-order valence-electron chi connectivity index (χ3n) is 17.6. The fourth-order valence-corrected chi connectivity index (χ4v) is 11.8. The molecule has 6 aliphatic rings. The first-order chi connectivity index (χ1) is 42.4. The minimum absolute atomic E-state index is 0.0409. The predicted molar refractivity (Wildman–Crippen MR) is 313 cm³/mol. The molecule has 0 aromatic heterocycles. The van der Waals surface area contributed by atoms with Gasteiger partial charge in [-0.1, -0.05) is 123 Å². The molecular formula is C64H100O25. The maximum absolute atomic E-state index is 14.2. The van der Waals surface area contributed by atoms with Crippen LogP contribution in [0.3, 0.4) is 0 Å². The van der Waals surface area contributed by atoms with Crippen molar-refractivity contribution < 1.29 is 121 Å². The zero-order valence-corrected chi connectivity index (χ0v) is 53.1. The van der Waals surface area contributed by atoms with E-state index in [1.54, 1.807) is 65.0 Å². The molecule has 6 fully saturated rings. The second-order valence-electron chi connectivity index (χ2n) is 25.0. The number of carbonyl (C=O) groups excluding carboxylic acids is 4. The summed E-state index contributed by atoms with van der Waals surface area (Å²) in [6.07, 6.45) is -26.2. The predicted octanol–water partition coefficient (Wildman–Crippen LogP) is 4.33. The SMILES string of the molecule is CCCCC[C@H]1CCCCCCCCCC(=O)O[C@H]2[C@H](O[C@H]3[C@H](O1)O[C@H](C)[C@H](O)[C@@H]3O)O[C@@H](C)[C@H](O[C@@H]1O[C@@H](C)[C@H](O[C@@H]3O[C@@H](C)[C@H](OC(=O)C(C)C)[C@@H](OC(=O)/C=C/c4ccccc4)[C@H]3O)[C@@H](O[C@@H]3O[C@@H](C)[C@H](O)[C@@H](O)[C@H]3O)[C@H]1OC(=O)[C@@H](C)CC)[C@H]2O. The van der Waals surface area contributed by atoms with E-state index in [0.29, 0.717) is 24.8 Å². The molecular weight excluding hydrogens is 1170 g/mol. The molecule has 6 saturated heterocycles. The summed E-state index contributed by atoms with van der Waals surface area (Å²) in [5.74, 6) is -4.56. The zero-order valence-electron chi connectivity index (χ0n) is 53.1. The summed E-state index contributed by atoms with van der Waals surface area (Å²) in [6.45, 7) is 16.2. The first kappa shape index (κ1) is 72.6. The molecule has 6 aliphatic heterocycles. The van der Waals surface area contributed by atoms with Crippen molar-refractivity contribution in [3.8, 4) is 0 Å². The molecule has 7 rings (SSSR count). The number of fused-ring (bicyclic) bond motifs is 2. The number of aliphatic hydroxyl groups excluding tert-OH is 7. The van der Waals surface area contributed by atoms with Gasteiger partial charge in [-0.05, 0) is 71.9 Å². The van der Waals surface area contributed by atoms with Gasteiger partial charge in [-0.2, -0.15) is 0 Å². The molecule has 89 heavy (non-hydrogen) atoms. The van der Waals surface area contributed by atoms with Crippen LogP contribution in [-0.2, 0) is 85.5 Å². The van der Waals surface area contributed by atoms with E-state index < -0.39 is 189 Å². The van der Waals surface area contributed by atoms with Gasteiger partial charge in [0.05, 0.1) is 48.5 Å². The Morgan fingerprint density at radius 3 is 1.78 bits per heavy atom. The van der Waals surface area contributed by atoms with Crippen LogP contribution in [-0.4, -0.2) is 219 Å². The molecule has 7 N–H and O–H groups in total. The summed E-state index contributed by atoms with van der Waals surface area (Å²) in [4.78, 5) is 54.9. The molecule has 0 aliphatic carbocycles. The summed E-state index contributed by atoms with van der Waals surface area (Å²) < 4.78 is 88.6. The maximum atomic E-state index is 14.2. The largest absolute Gasteiger partial charge is 0.455 e. The molecule has 1 aromatic rings. The standard InChI is InChI=1S/C64H100O25/c1-11-13-20-27-40-28-23-17-15-14-16-18-24-29-41(65)83-55-48(72)50(36(8)79-63(55)88-54-46(70)44(68)35(7)77-62(54)81-40)86-64-57(85-59(75)33(5)12-2)56(89-60-47(71)45(69)43(67)34(6)76-60)52(38(10)80-64)87-61-49(73)53(51(37(9)78-61)84-58(74)32(3)4)82-42(66)31-30-39-25-21-19-22-26-39/h19,21-22,25-26,30-38,40,43-57,60-64,67-73H,11-18,20,23-24,27-29H2,1-10H3/b31-30+/t33-,34-,35+,36-,37-,38-,40-,43-,44-,45+,46-,47+,48+,49+,50-,51-,52-,53-,54+,55+,56+,57+,60-,61-,62-,63-,64-/m0/s1. The molecule has 506 valence electrons. The second kappa shape index (κ2) is 34.4. The first-order valence-corrected chi connectivity index (χ1v) is 32.3. The van der Waals surface area contributed by atoms with Crippen molar-refractivity contribution in [2.45, 2.75) is 319 Å². The van der Waals surface area contributed by atoms with E-state index in [-0.39, 0.29) is 18.9 Å². The van der Waals surface area contributed by atoms with Crippen LogP contribution in [0.1, 0.15) is 165 Å². The molecule has 27 atom stereocenters. The highest BCUT2D eigenvalue weighted by Gasteiger charge is 2.59. The number of benzene rings is 1. The summed E-state index contributed by atoms with van der Waals surface area (Å²) in [7, 11) is 0. The minimum Gasteiger partial charge on any atom is -0.455 e. The quantitative estimate of drug-likeness (QED) is 0.0465. The van der Waals surface area contributed by atoms with Gasteiger partial charge >= 0.3 is 23.9 Å². The van der Waals surface area contributed by atoms with Crippen LogP contribution in [0.4, 0.5) is 0 Å². The number of unbranched alkanes of at least 4 members (excludes halogenated alkanes) is 2. The molecule has 25 nitrogen and oxygen atoms in total. The zero-order chi connectivity index (χ0) is 64.8. The van der Waals surface area contributed by atoms with E-state index in [0.717, 1.165) is 63.9 Å². The average Bonchev–Trinajstić information content (AvgIpc) is 0.929. The lowest BCUT2D eigenvalue weighted by molar-refractivity contribution is -0.399. The highest BCUT2D eigenvalue weighted by atomic mass is 16.8. The van der Waals surface area contributed by atoms with Gasteiger partial charge in [0.25, 0.3) is 0 Å². The monoisotopic (exact) mass is 1270 g/mol. The van der Waals surface area contributed by atoms with Crippen LogP contribution in [0, 0.1) is 11.8 Å². The highest BCUT2D eigenvalue weighted by molar-refractivity contribution is 5.87. The Balaban J connectivity index is 1.24. The molecule has 0 spiro atoms. The Morgan fingerprint density at radius 1 is 0.528 bits per heavy atom. The van der Waals surface area contributed by atoms with E-state index in [1.165, 1.54) is 33.8 Å². The van der Waals surface area contributed by atoms with Crippen molar-refractivity contribution in [2.24, 2.45) is 11.8 Å². The molecule has 0 amide bonds. The van der Waals surface area contributed by atoms with Gasteiger partial charge in [0.2, 0.25) is 0 Å². The smallest absolute Gasteiger partial charge is 0.331 e. The lowest BCUT2D eigenvalue weighted by Gasteiger charge is -2.51. The van der Waals surface area contributed by atoms with Crippen molar-refractivity contribution in [1.29, 1.82) is 0 Å². The van der Waals surface area contributed by atoms with Gasteiger partial charge < -0.3 is 102 Å². The lowest BCUT2D eigenvalue weighted by Crippen LogP contribution is -2.68. The van der Waals surface area contributed by atoms with E-state index >= 15 is 0 Å². The Kier molecular flexibility index (Phi) is 28.0. The van der Waals surface area contributed by atoms with Crippen molar-refractivity contribution in [3.05, 3.63) is 42.0 Å². The third-order valence-corrected chi connectivity index (χ3v) is 17.6. The Bertz CT molecular complexity index is 2360. The highest BCUT2D eigenvalue weighted by Crippen LogP contribution is 2.40. The van der Waals surface area contributed by atoms with Gasteiger partial charge in [0.1, 0.15) is 67.1 Å². The van der Waals surface area contributed by atoms with Gasteiger partial charge in [-0.3, -0.25) is 14.4 Å². The minimum atomic E-state index is -1.95. The molecule has 25 heteroatoms. The van der Waals surface area contributed by atoms with E-state index in [1.807, 2.05) is 0 Å². The summed E-state index contributed by atoms with van der Waals surface area (Å²) in [6, 6.07) is 8.85. The maximum Gasteiger partial charge on any atom is 0.331 e. The normalized spacial score (nSPS) is 41.0. The van der Waals surface area contributed by atoms with Gasteiger partial charge in [-0.25, -0.2) is 4.79 Å². The van der Waals surface area contributed by atoms with E-state index in [9.17, 15) is 54.9 Å². The lowest BCUT2D eigenvalue weighted by atomic mass is 9.95. The van der Waals surface area contributed by atoms with Gasteiger partial charge in [0.15, 0.2) is 55.9 Å². The van der Waals surface area contributed by atoms with Gasteiger partial charge in [-0.15, -0.1) is 0 Å². The fourth-order valence-electron chi connectivity index (χ4n) is 11.8. The number of ether oxygens (including phenoxy) is 14. The molecule has 1 aromatic carbocycles. The Morgan fingerprint density at radius 2 is 1.09 bits per heavy atom. The summed E-state index contributed by atoms with van der Waals surface area (Å²) in [5, 5.41) is 81.3. The van der Waals surface area contributed by atoms with Crippen molar-refractivity contribution in [1.82, 2.24) is 0 Å². The number of rotatable bonds is 18. The van der Waals surface area contributed by atoms with Gasteiger partial charge in [0, 0.05) is 12.5 Å². The number of carbonyl (C=O) groups is 4. The number of esters is 4. The van der Waals surface area contributed by atoms with E-state index in [2.05, 4.69) is 6.92 Å². The van der Waals surface area contributed by atoms with Crippen molar-refractivity contribution in [3.63, 3.8) is 0 Å². The Labute approximate surface area is 522 Å². The molecule has 0 unspecified atom stereocenters. The topological polar surface area (TPSA) is 339 Å². The van der Waals surface area contributed by atoms with Crippen LogP contribution < -0.4 is 0 Å². The number of aliphatic hydroxyl groups is 7. The molecule has 0 radical (unpaired) electrons. The fraction of sp³-hybridized carbons (Fsp3) is 0.812. The van der Waals surface area contributed by atoms with Crippen molar-refractivity contribution >= 4 is 30.0 Å². The van der Waals surface area contributed by atoms with Crippen LogP contribution in [0.25, 0.3) is 6.08 Å². The van der Waals surface area contributed by atoms with E-state index in [4.69, 9.17) is 66.3 Å². The molecule has 0 bridgehead atoms. The molecule has 6 heterocycles. The van der Waals surface area contributed by atoms with Crippen molar-refractivity contribution in [2.75, 3.05) is 0 Å². The first-order valence-electron chi connectivity index (χ1n) is 32.3. The average molecular weight is 1270 g/mol. The summed E-state index contributed by atoms with van der Waals surface area (Å²) >= 11 is 0. The summed E-state index contributed by atoms with van der Waals surface area (Å²) in [5.41, 5.74) is 0.659. The molecule has 0 saturated carbocycles. The van der Waals surface area contributed by atoms with Crippen LogP contribution >= 0.6 is 0 Å². The Hall–Kier alpha value is -3.84. The van der Waals surface area contributed by atoms with Crippen LogP contribution in [0.5, 0.6) is 0 Å².